The Morgan fingerprint density at radius 1 is 1.08 bits per heavy atom. The van der Waals surface area contributed by atoms with E-state index in [-0.39, 0.29) is 6.10 Å². The molecule has 0 spiro atoms. The summed E-state index contributed by atoms with van der Waals surface area (Å²) in [5.41, 5.74) is 2.26. The molecular weight excluding hydrogens is 404 g/mol. The summed E-state index contributed by atoms with van der Waals surface area (Å²) in [5, 5.41) is 16.4. The lowest BCUT2D eigenvalue weighted by molar-refractivity contribution is 0.191. The van der Waals surface area contributed by atoms with Gasteiger partial charge in [0.15, 0.2) is 0 Å². The molecule has 6 heteroatoms. The fraction of sp³-hybridized carbons (Fsp3) is 0.368. The summed E-state index contributed by atoms with van der Waals surface area (Å²) in [7, 11) is 0. The Kier molecular flexibility index (Phi) is 8.72. The van der Waals surface area contributed by atoms with Gasteiger partial charge in [-0.1, -0.05) is 29.8 Å². The lowest BCUT2D eigenvalue weighted by Gasteiger charge is -2.11. The number of ether oxygens (including phenoxy) is 1. The van der Waals surface area contributed by atoms with Crippen molar-refractivity contribution in [2.45, 2.75) is 26.2 Å². The molecule has 0 aliphatic rings. The van der Waals surface area contributed by atoms with Crippen molar-refractivity contribution in [2.24, 2.45) is 0 Å². The summed E-state index contributed by atoms with van der Waals surface area (Å²) in [4.78, 5) is 0. The van der Waals surface area contributed by atoms with Crippen LogP contribution in [0, 0.1) is 0 Å². The van der Waals surface area contributed by atoms with E-state index in [4.69, 9.17) is 21.4 Å². The largest absolute Gasteiger partial charge is 0.488 e. The number of halogens is 2. The van der Waals surface area contributed by atoms with E-state index < -0.39 is 0 Å². The van der Waals surface area contributed by atoms with Gasteiger partial charge in [-0.25, -0.2) is 0 Å². The summed E-state index contributed by atoms with van der Waals surface area (Å²) in [6.07, 6.45) is -0.309. The molecule has 0 heterocycles. The number of nitrogens with one attached hydrogen (secondary N) is 2. The number of benzene rings is 2. The van der Waals surface area contributed by atoms with Gasteiger partial charge in [0.2, 0.25) is 0 Å². The molecule has 1 unspecified atom stereocenters. The third-order valence-electron chi connectivity index (χ3n) is 3.55. The standard InChI is InChI=1S/C19H24BrClN2O2/c1-14(24)11-22-8-9-23-12-16-4-7-19(18(20)10-16)25-13-15-2-5-17(21)6-3-15/h2-7,10,14,22-24H,8-9,11-13H2,1H3. The molecule has 0 amide bonds. The molecule has 3 N–H and O–H groups in total. The highest BCUT2D eigenvalue weighted by molar-refractivity contribution is 9.10. The third kappa shape index (κ3) is 7.75. The second-order valence-electron chi connectivity index (χ2n) is 5.91. The van der Waals surface area contributed by atoms with E-state index in [1.807, 2.05) is 30.3 Å². The van der Waals surface area contributed by atoms with Crippen LogP contribution < -0.4 is 15.4 Å². The maximum atomic E-state index is 9.17. The van der Waals surface area contributed by atoms with E-state index in [0.717, 1.165) is 40.4 Å². The number of aliphatic hydroxyl groups excluding tert-OH is 1. The van der Waals surface area contributed by atoms with Gasteiger partial charge in [0.25, 0.3) is 0 Å². The molecule has 0 saturated heterocycles. The van der Waals surface area contributed by atoms with Gasteiger partial charge in [0, 0.05) is 31.2 Å². The lowest BCUT2D eigenvalue weighted by atomic mass is 10.2. The van der Waals surface area contributed by atoms with Gasteiger partial charge in [-0.2, -0.15) is 0 Å². The van der Waals surface area contributed by atoms with Gasteiger partial charge in [-0.3, -0.25) is 0 Å². The minimum atomic E-state index is -0.309. The maximum absolute atomic E-state index is 9.17. The Bertz CT molecular complexity index is 650. The van der Waals surface area contributed by atoms with Crippen molar-refractivity contribution < 1.29 is 9.84 Å². The number of aliphatic hydroxyl groups is 1. The molecule has 2 aromatic rings. The highest BCUT2D eigenvalue weighted by Crippen LogP contribution is 2.27. The average molecular weight is 428 g/mol. The first kappa shape index (κ1) is 20.2. The molecule has 25 heavy (non-hydrogen) atoms. The third-order valence-corrected chi connectivity index (χ3v) is 4.42. The molecule has 0 fully saturated rings. The fourth-order valence-corrected chi connectivity index (χ4v) is 2.90. The molecule has 2 rings (SSSR count). The van der Waals surface area contributed by atoms with Crippen LogP contribution in [0.15, 0.2) is 46.9 Å². The van der Waals surface area contributed by atoms with Crippen LogP contribution in [-0.2, 0) is 13.2 Å². The van der Waals surface area contributed by atoms with Gasteiger partial charge >= 0.3 is 0 Å². The van der Waals surface area contributed by atoms with Gasteiger partial charge in [0.1, 0.15) is 12.4 Å². The van der Waals surface area contributed by atoms with Gasteiger partial charge in [0.05, 0.1) is 10.6 Å². The van der Waals surface area contributed by atoms with E-state index in [1.165, 1.54) is 5.56 Å². The Morgan fingerprint density at radius 2 is 1.76 bits per heavy atom. The van der Waals surface area contributed by atoms with E-state index in [0.29, 0.717) is 13.2 Å². The van der Waals surface area contributed by atoms with Crippen LogP contribution in [0.5, 0.6) is 5.75 Å². The van der Waals surface area contributed by atoms with Crippen molar-refractivity contribution in [3.8, 4) is 5.75 Å². The zero-order valence-corrected chi connectivity index (χ0v) is 16.6. The fourth-order valence-electron chi connectivity index (χ4n) is 2.23. The molecule has 0 aromatic heterocycles. The molecule has 4 nitrogen and oxygen atoms in total. The van der Waals surface area contributed by atoms with Crippen molar-refractivity contribution in [1.29, 1.82) is 0 Å². The Hall–Kier alpha value is -1.11. The first-order valence-corrected chi connectivity index (χ1v) is 9.47. The van der Waals surface area contributed by atoms with Crippen LogP contribution in [0.3, 0.4) is 0 Å². The Labute approximate surface area is 162 Å². The quantitative estimate of drug-likeness (QED) is 0.506. The lowest BCUT2D eigenvalue weighted by Crippen LogP contribution is -2.31. The second kappa shape index (κ2) is 10.8. The zero-order chi connectivity index (χ0) is 18.1. The smallest absolute Gasteiger partial charge is 0.134 e. The SMILES string of the molecule is CC(O)CNCCNCc1ccc(OCc2ccc(Cl)cc2)c(Br)c1. The van der Waals surface area contributed by atoms with E-state index in [1.54, 1.807) is 6.92 Å². The van der Waals surface area contributed by atoms with Crippen molar-refractivity contribution in [1.82, 2.24) is 10.6 Å². The molecule has 0 saturated carbocycles. The Morgan fingerprint density at radius 3 is 2.44 bits per heavy atom. The van der Waals surface area contributed by atoms with Crippen molar-refractivity contribution in [3.63, 3.8) is 0 Å². The van der Waals surface area contributed by atoms with Crippen LogP contribution in [0.4, 0.5) is 0 Å². The molecule has 0 bridgehead atoms. The number of rotatable bonds is 10. The van der Waals surface area contributed by atoms with Crippen LogP contribution in [0.1, 0.15) is 18.1 Å². The summed E-state index contributed by atoms with van der Waals surface area (Å²) in [6, 6.07) is 13.7. The normalized spacial score (nSPS) is 12.2. The predicted molar refractivity (Wildman–Crippen MR) is 106 cm³/mol. The summed E-state index contributed by atoms with van der Waals surface area (Å²) >= 11 is 9.45. The minimum absolute atomic E-state index is 0.309. The van der Waals surface area contributed by atoms with Crippen LogP contribution >= 0.6 is 27.5 Å². The number of hydrogen-bond donors (Lipinski definition) is 3. The van der Waals surface area contributed by atoms with E-state index in [2.05, 4.69) is 38.7 Å². The summed E-state index contributed by atoms with van der Waals surface area (Å²) in [5.74, 6) is 0.817. The highest BCUT2D eigenvalue weighted by atomic mass is 79.9. The topological polar surface area (TPSA) is 53.5 Å². The predicted octanol–water partition coefficient (Wildman–Crippen LogP) is 3.74. The molecule has 0 aliphatic heterocycles. The first-order chi connectivity index (χ1) is 12.0. The second-order valence-corrected chi connectivity index (χ2v) is 7.20. The van der Waals surface area contributed by atoms with E-state index in [9.17, 15) is 0 Å². The van der Waals surface area contributed by atoms with E-state index >= 15 is 0 Å². The average Bonchev–Trinajstić information content (AvgIpc) is 2.58. The first-order valence-electron chi connectivity index (χ1n) is 8.30. The zero-order valence-electron chi connectivity index (χ0n) is 14.3. The van der Waals surface area contributed by atoms with Crippen molar-refractivity contribution in [2.75, 3.05) is 19.6 Å². The maximum Gasteiger partial charge on any atom is 0.134 e. The van der Waals surface area contributed by atoms with Gasteiger partial charge in [-0.05, 0) is 58.2 Å². The summed E-state index contributed by atoms with van der Waals surface area (Å²) < 4.78 is 6.79. The van der Waals surface area contributed by atoms with Crippen LogP contribution in [0.25, 0.3) is 0 Å². The number of hydrogen-bond acceptors (Lipinski definition) is 4. The van der Waals surface area contributed by atoms with Crippen molar-refractivity contribution in [3.05, 3.63) is 63.1 Å². The molecule has 136 valence electrons. The monoisotopic (exact) mass is 426 g/mol. The van der Waals surface area contributed by atoms with Crippen LogP contribution in [-0.4, -0.2) is 30.8 Å². The van der Waals surface area contributed by atoms with Gasteiger partial charge in [-0.15, -0.1) is 0 Å². The van der Waals surface area contributed by atoms with Gasteiger partial charge < -0.3 is 20.5 Å². The molecule has 0 aliphatic carbocycles. The van der Waals surface area contributed by atoms with Crippen LogP contribution in [0.2, 0.25) is 5.02 Å². The Balaban J connectivity index is 1.75. The summed E-state index contributed by atoms with van der Waals surface area (Å²) in [6.45, 7) is 5.35. The molecule has 2 aromatic carbocycles. The van der Waals surface area contributed by atoms with Crippen molar-refractivity contribution >= 4 is 27.5 Å². The molecule has 1 atom stereocenters. The molecular formula is C19H24BrClN2O2. The molecule has 0 radical (unpaired) electrons. The highest BCUT2D eigenvalue weighted by Gasteiger charge is 2.04. The minimum Gasteiger partial charge on any atom is -0.488 e.